The molecule has 3 heteroatoms. The minimum Gasteiger partial charge on any atom is -0.383 e. The first-order valence-corrected chi connectivity index (χ1v) is 5.94. The number of nitrogens with two attached hydrogens (primary N) is 1. The third-order valence-electron chi connectivity index (χ3n) is 2.97. The molecule has 0 aromatic carbocycles. The highest BCUT2D eigenvalue weighted by Crippen LogP contribution is 2.43. The SMILES string of the molecule is CC(C)c1cc2c(s1)C(O)(CN)CC2. The van der Waals surface area contributed by atoms with Gasteiger partial charge in [0.1, 0.15) is 5.60 Å². The van der Waals surface area contributed by atoms with E-state index in [9.17, 15) is 5.11 Å². The normalized spacial score (nSPS) is 25.8. The molecule has 1 aromatic heterocycles. The van der Waals surface area contributed by atoms with Crippen molar-refractivity contribution in [2.75, 3.05) is 6.54 Å². The molecule has 0 aliphatic heterocycles. The molecule has 1 atom stereocenters. The molecule has 1 aliphatic rings. The predicted octanol–water partition coefficient (Wildman–Crippen LogP) is 1.96. The molecule has 1 heterocycles. The highest BCUT2D eigenvalue weighted by Gasteiger charge is 2.37. The van der Waals surface area contributed by atoms with Gasteiger partial charge in [0, 0.05) is 16.3 Å². The van der Waals surface area contributed by atoms with E-state index in [0.29, 0.717) is 12.5 Å². The van der Waals surface area contributed by atoms with Gasteiger partial charge >= 0.3 is 0 Å². The van der Waals surface area contributed by atoms with Crippen molar-refractivity contribution in [2.45, 2.75) is 38.2 Å². The Labute approximate surface area is 88.8 Å². The van der Waals surface area contributed by atoms with Gasteiger partial charge in [-0.1, -0.05) is 13.8 Å². The van der Waals surface area contributed by atoms with Gasteiger partial charge in [-0.2, -0.15) is 0 Å². The molecule has 1 aliphatic carbocycles. The van der Waals surface area contributed by atoms with Gasteiger partial charge < -0.3 is 10.8 Å². The van der Waals surface area contributed by atoms with Crippen molar-refractivity contribution in [2.24, 2.45) is 5.73 Å². The number of aryl methyl sites for hydroxylation is 1. The largest absolute Gasteiger partial charge is 0.383 e. The Bertz CT molecular complexity index is 345. The molecular formula is C11H17NOS. The van der Waals surface area contributed by atoms with E-state index in [1.807, 2.05) is 0 Å². The van der Waals surface area contributed by atoms with E-state index in [1.54, 1.807) is 11.3 Å². The molecule has 2 rings (SSSR count). The highest BCUT2D eigenvalue weighted by atomic mass is 32.1. The summed E-state index contributed by atoms with van der Waals surface area (Å²) in [5.41, 5.74) is 6.21. The fraction of sp³-hybridized carbons (Fsp3) is 0.636. The van der Waals surface area contributed by atoms with Crippen LogP contribution in [0.2, 0.25) is 0 Å². The highest BCUT2D eigenvalue weighted by molar-refractivity contribution is 7.12. The van der Waals surface area contributed by atoms with Gasteiger partial charge in [0.05, 0.1) is 0 Å². The lowest BCUT2D eigenvalue weighted by Gasteiger charge is -2.19. The maximum absolute atomic E-state index is 10.2. The summed E-state index contributed by atoms with van der Waals surface area (Å²) in [5.74, 6) is 0.549. The molecule has 2 nitrogen and oxygen atoms in total. The van der Waals surface area contributed by atoms with Crippen molar-refractivity contribution < 1.29 is 5.11 Å². The molecule has 0 fully saturated rings. The molecule has 1 aromatic rings. The van der Waals surface area contributed by atoms with Crippen molar-refractivity contribution in [1.29, 1.82) is 0 Å². The van der Waals surface area contributed by atoms with E-state index in [2.05, 4.69) is 19.9 Å². The van der Waals surface area contributed by atoms with Gasteiger partial charge in [-0.25, -0.2) is 0 Å². The summed E-state index contributed by atoms with van der Waals surface area (Å²) < 4.78 is 0. The zero-order chi connectivity index (χ0) is 10.3. The monoisotopic (exact) mass is 211 g/mol. The lowest BCUT2D eigenvalue weighted by Crippen LogP contribution is -2.31. The van der Waals surface area contributed by atoms with E-state index in [1.165, 1.54) is 10.4 Å². The average Bonchev–Trinajstić information content (AvgIpc) is 2.68. The van der Waals surface area contributed by atoms with Crippen molar-refractivity contribution >= 4 is 11.3 Å². The fourth-order valence-electron chi connectivity index (χ4n) is 1.96. The van der Waals surface area contributed by atoms with Gasteiger partial charge in [0.15, 0.2) is 0 Å². The van der Waals surface area contributed by atoms with Gasteiger partial charge in [0.25, 0.3) is 0 Å². The van der Waals surface area contributed by atoms with Crippen LogP contribution in [-0.2, 0) is 12.0 Å². The smallest absolute Gasteiger partial charge is 0.111 e. The van der Waals surface area contributed by atoms with Crippen LogP contribution in [0.15, 0.2) is 6.07 Å². The second-order valence-corrected chi connectivity index (χ2v) is 5.48. The van der Waals surface area contributed by atoms with Crippen LogP contribution in [0.1, 0.15) is 41.5 Å². The van der Waals surface area contributed by atoms with E-state index in [0.717, 1.165) is 17.7 Å². The van der Waals surface area contributed by atoms with Crippen LogP contribution in [0, 0.1) is 0 Å². The quantitative estimate of drug-likeness (QED) is 0.785. The topological polar surface area (TPSA) is 46.2 Å². The third kappa shape index (κ3) is 1.40. The van der Waals surface area contributed by atoms with Gasteiger partial charge in [-0.15, -0.1) is 11.3 Å². The minimum atomic E-state index is -0.729. The molecule has 0 saturated heterocycles. The Morgan fingerprint density at radius 3 is 2.93 bits per heavy atom. The minimum absolute atomic E-state index is 0.345. The van der Waals surface area contributed by atoms with Crippen molar-refractivity contribution in [3.8, 4) is 0 Å². The lowest BCUT2D eigenvalue weighted by molar-refractivity contribution is 0.0514. The van der Waals surface area contributed by atoms with E-state index in [4.69, 9.17) is 5.73 Å². The van der Waals surface area contributed by atoms with Crippen LogP contribution in [0.25, 0.3) is 0 Å². The Kier molecular flexibility index (Phi) is 2.41. The zero-order valence-corrected chi connectivity index (χ0v) is 9.53. The first-order chi connectivity index (χ1) is 6.57. The van der Waals surface area contributed by atoms with Crippen molar-refractivity contribution in [3.05, 3.63) is 21.4 Å². The standard InChI is InChI=1S/C11H17NOS/c1-7(2)9-5-8-3-4-11(13,6-12)10(8)14-9/h5,7,13H,3-4,6,12H2,1-2H3. The number of thiophene rings is 1. The Morgan fingerprint density at radius 1 is 1.64 bits per heavy atom. The van der Waals surface area contributed by atoms with Crippen molar-refractivity contribution in [3.63, 3.8) is 0 Å². The van der Waals surface area contributed by atoms with Gasteiger partial charge in [0.2, 0.25) is 0 Å². The molecule has 0 radical (unpaired) electrons. The van der Waals surface area contributed by atoms with Gasteiger partial charge in [-0.3, -0.25) is 0 Å². The number of hydrogen-bond acceptors (Lipinski definition) is 3. The Balaban J connectivity index is 2.40. The van der Waals surface area contributed by atoms with E-state index < -0.39 is 5.60 Å². The molecule has 14 heavy (non-hydrogen) atoms. The zero-order valence-electron chi connectivity index (χ0n) is 8.71. The molecule has 0 bridgehead atoms. The van der Waals surface area contributed by atoms with E-state index in [-0.39, 0.29) is 0 Å². The van der Waals surface area contributed by atoms with Crippen LogP contribution >= 0.6 is 11.3 Å². The van der Waals surface area contributed by atoms with E-state index >= 15 is 0 Å². The van der Waals surface area contributed by atoms with Crippen LogP contribution in [0.3, 0.4) is 0 Å². The van der Waals surface area contributed by atoms with Crippen molar-refractivity contribution in [1.82, 2.24) is 0 Å². The molecule has 0 spiro atoms. The second-order valence-electron chi connectivity index (χ2n) is 4.39. The summed E-state index contributed by atoms with van der Waals surface area (Å²) in [6, 6.07) is 2.23. The fourth-order valence-corrected chi connectivity index (χ4v) is 3.30. The number of aliphatic hydroxyl groups is 1. The van der Waals surface area contributed by atoms with Crippen LogP contribution < -0.4 is 5.73 Å². The number of hydrogen-bond donors (Lipinski definition) is 2. The van der Waals surface area contributed by atoms with Gasteiger partial charge in [-0.05, 0) is 30.4 Å². The molecule has 0 amide bonds. The molecule has 3 N–H and O–H groups in total. The number of rotatable bonds is 2. The summed E-state index contributed by atoms with van der Waals surface area (Å²) in [6.07, 6.45) is 1.77. The first kappa shape index (κ1) is 10.1. The molecular weight excluding hydrogens is 194 g/mol. The predicted molar refractivity (Wildman–Crippen MR) is 59.7 cm³/mol. The maximum Gasteiger partial charge on any atom is 0.111 e. The summed E-state index contributed by atoms with van der Waals surface area (Å²) in [5, 5.41) is 10.2. The summed E-state index contributed by atoms with van der Waals surface area (Å²) in [7, 11) is 0. The molecule has 1 unspecified atom stereocenters. The average molecular weight is 211 g/mol. The van der Waals surface area contributed by atoms with Crippen LogP contribution in [0.4, 0.5) is 0 Å². The molecule has 0 saturated carbocycles. The maximum atomic E-state index is 10.2. The summed E-state index contributed by atoms with van der Waals surface area (Å²) in [6.45, 7) is 4.71. The number of fused-ring (bicyclic) bond motifs is 1. The Hall–Kier alpha value is -0.380. The second kappa shape index (κ2) is 3.33. The summed E-state index contributed by atoms with van der Waals surface area (Å²) in [4.78, 5) is 2.48. The molecule has 78 valence electrons. The first-order valence-electron chi connectivity index (χ1n) is 5.12. The Morgan fingerprint density at radius 2 is 2.36 bits per heavy atom. The van der Waals surface area contributed by atoms with Crippen LogP contribution in [-0.4, -0.2) is 11.7 Å². The van der Waals surface area contributed by atoms with Crippen LogP contribution in [0.5, 0.6) is 0 Å². The summed E-state index contributed by atoms with van der Waals surface area (Å²) >= 11 is 1.73. The lowest BCUT2D eigenvalue weighted by atomic mass is 10.0. The third-order valence-corrected chi connectivity index (χ3v) is 4.64.